The quantitative estimate of drug-likeness (QED) is 0.763. The van der Waals surface area contributed by atoms with Gasteiger partial charge in [-0.05, 0) is 61.7 Å². The number of halogens is 2. The van der Waals surface area contributed by atoms with Crippen LogP contribution in [0, 0.1) is 19.7 Å². The first-order valence-electron chi connectivity index (χ1n) is 7.40. The number of carbonyl (C=O) groups excluding carboxylic acids is 1. The Hall–Kier alpha value is -2.07. The fraction of sp³-hybridized carbons (Fsp3) is 0.278. The molecule has 0 aliphatic heterocycles. The molecular weight excluding hydrogens is 317 g/mol. The van der Waals surface area contributed by atoms with Crippen LogP contribution in [0.3, 0.4) is 0 Å². The lowest BCUT2D eigenvalue weighted by molar-refractivity contribution is -0.116. The monoisotopic (exact) mass is 335 g/mol. The van der Waals surface area contributed by atoms with E-state index in [1.54, 1.807) is 24.3 Å². The van der Waals surface area contributed by atoms with Gasteiger partial charge >= 0.3 is 0 Å². The molecule has 5 heteroatoms. The predicted octanol–water partition coefficient (Wildman–Crippen LogP) is 4.89. The summed E-state index contributed by atoms with van der Waals surface area (Å²) >= 11 is 5.95. The highest BCUT2D eigenvalue weighted by molar-refractivity contribution is 6.31. The first kappa shape index (κ1) is 17.3. The van der Waals surface area contributed by atoms with Crippen molar-refractivity contribution in [2.75, 3.05) is 11.9 Å². The second-order valence-corrected chi connectivity index (χ2v) is 5.80. The molecule has 2 aromatic rings. The summed E-state index contributed by atoms with van der Waals surface area (Å²) in [6, 6.07) is 10.0. The van der Waals surface area contributed by atoms with Crippen LogP contribution < -0.4 is 10.1 Å². The maximum Gasteiger partial charge on any atom is 0.224 e. The molecule has 0 unspecified atom stereocenters. The van der Waals surface area contributed by atoms with Gasteiger partial charge in [-0.3, -0.25) is 4.79 Å². The molecule has 0 heterocycles. The maximum absolute atomic E-state index is 13.6. The van der Waals surface area contributed by atoms with Crippen LogP contribution in [0.2, 0.25) is 5.02 Å². The van der Waals surface area contributed by atoms with Crippen LogP contribution in [-0.2, 0) is 4.79 Å². The summed E-state index contributed by atoms with van der Waals surface area (Å²) in [5, 5.41) is 3.27. The van der Waals surface area contributed by atoms with Gasteiger partial charge in [-0.2, -0.15) is 0 Å². The van der Waals surface area contributed by atoms with E-state index in [4.69, 9.17) is 16.3 Å². The van der Waals surface area contributed by atoms with E-state index in [9.17, 15) is 9.18 Å². The van der Waals surface area contributed by atoms with E-state index in [0.29, 0.717) is 18.1 Å². The van der Waals surface area contributed by atoms with Gasteiger partial charge in [-0.15, -0.1) is 0 Å². The number of ether oxygens (including phenoxy) is 1. The van der Waals surface area contributed by atoms with E-state index < -0.39 is 5.82 Å². The number of hydrogen-bond donors (Lipinski definition) is 1. The third-order valence-electron chi connectivity index (χ3n) is 3.34. The number of rotatable bonds is 6. The standard InChI is InChI=1S/C18H19ClFNO2/c1-12-5-8-16(20)17(10-12)21-18(22)4-3-9-23-14-6-7-15(19)13(2)11-14/h5-8,10-11H,3-4,9H2,1-2H3,(H,21,22). The Balaban J connectivity index is 1.76. The fourth-order valence-corrected chi connectivity index (χ4v) is 2.19. The molecule has 3 nitrogen and oxygen atoms in total. The molecule has 0 bridgehead atoms. The first-order chi connectivity index (χ1) is 11.0. The molecule has 2 rings (SSSR count). The SMILES string of the molecule is Cc1ccc(F)c(NC(=O)CCCOc2ccc(Cl)c(C)c2)c1. The maximum atomic E-state index is 13.6. The van der Waals surface area contributed by atoms with Gasteiger partial charge in [-0.25, -0.2) is 4.39 Å². The lowest BCUT2D eigenvalue weighted by atomic mass is 10.2. The summed E-state index contributed by atoms with van der Waals surface area (Å²) in [5.41, 5.74) is 2.05. The highest BCUT2D eigenvalue weighted by Gasteiger charge is 2.07. The van der Waals surface area contributed by atoms with Crippen LogP contribution in [0.1, 0.15) is 24.0 Å². The van der Waals surface area contributed by atoms with E-state index in [-0.39, 0.29) is 18.0 Å². The first-order valence-corrected chi connectivity index (χ1v) is 7.78. The number of carbonyl (C=O) groups is 1. The van der Waals surface area contributed by atoms with Crippen LogP contribution >= 0.6 is 11.6 Å². The van der Waals surface area contributed by atoms with E-state index in [2.05, 4.69) is 5.32 Å². The van der Waals surface area contributed by atoms with Gasteiger partial charge in [0, 0.05) is 11.4 Å². The molecule has 2 aromatic carbocycles. The van der Waals surface area contributed by atoms with Crippen molar-refractivity contribution >= 4 is 23.2 Å². The topological polar surface area (TPSA) is 38.3 Å². The zero-order chi connectivity index (χ0) is 16.8. The largest absolute Gasteiger partial charge is 0.494 e. The third-order valence-corrected chi connectivity index (χ3v) is 3.77. The minimum Gasteiger partial charge on any atom is -0.494 e. The van der Waals surface area contributed by atoms with E-state index in [1.807, 2.05) is 19.9 Å². The Labute approximate surface area is 140 Å². The van der Waals surface area contributed by atoms with Gasteiger partial charge < -0.3 is 10.1 Å². The minimum atomic E-state index is -0.433. The lowest BCUT2D eigenvalue weighted by Gasteiger charge is -2.09. The van der Waals surface area contributed by atoms with Crippen LogP contribution in [-0.4, -0.2) is 12.5 Å². The van der Waals surface area contributed by atoms with Gasteiger partial charge in [-0.1, -0.05) is 17.7 Å². The molecule has 0 aliphatic carbocycles. The average Bonchev–Trinajstić information content (AvgIpc) is 2.51. The van der Waals surface area contributed by atoms with Crippen LogP contribution in [0.25, 0.3) is 0 Å². The van der Waals surface area contributed by atoms with Crippen LogP contribution in [0.5, 0.6) is 5.75 Å². The summed E-state index contributed by atoms with van der Waals surface area (Å²) < 4.78 is 19.1. The fourth-order valence-electron chi connectivity index (χ4n) is 2.08. The van der Waals surface area contributed by atoms with E-state index in [1.165, 1.54) is 6.07 Å². The van der Waals surface area contributed by atoms with Crippen molar-refractivity contribution in [2.24, 2.45) is 0 Å². The second kappa shape index (κ2) is 7.97. The highest BCUT2D eigenvalue weighted by Crippen LogP contribution is 2.21. The molecule has 0 saturated carbocycles. The zero-order valence-electron chi connectivity index (χ0n) is 13.2. The normalized spacial score (nSPS) is 10.4. The molecule has 0 atom stereocenters. The summed E-state index contributed by atoms with van der Waals surface area (Å²) in [6.45, 7) is 4.15. The van der Waals surface area contributed by atoms with Gasteiger partial charge in [0.1, 0.15) is 11.6 Å². The smallest absolute Gasteiger partial charge is 0.224 e. The second-order valence-electron chi connectivity index (χ2n) is 5.39. The van der Waals surface area contributed by atoms with E-state index >= 15 is 0 Å². The Morgan fingerprint density at radius 2 is 2.00 bits per heavy atom. The Kier molecular flexibility index (Phi) is 5.99. The molecule has 0 spiro atoms. The number of nitrogens with one attached hydrogen (secondary N) is 1. The summed E-state index contributed by atoms with van der Waals surface area (Å²) in [4.78, 5) is 11.8. The summed E-state index contributed by atoms with van der Waals surface area (Å²) in [7, 11) is 0. The lowest BCUT2D eigenvalue weighted by Crippen LogP contribution is -2.14. The number of amides is 1. The number of anilines is 1. The average molecular weight is 336 g/mol. The number of aryl methyl sites for hydroxylation is 2. The summed E-state index contributed by atoms with van der Waals surface area (Å²) in [6.07, 6.45) is 0.806. The van der Waals surface area contributed by atoms with Gasteiger partial charge in [0.15, 0.2) is 0 Å². The summed E-state index contributed by atoms with van der Waals surface area (Å²) in [5.74, 6) is 0.0549. The van der Waals surface area contributed by atoms with Gasteiger partial charge in [0.05, 0.1) is 12.3 Å². The molecule has 0 saturated heterocycles. The van der Waals surface area contributed by atoms with Crippen molar-refractivity contribution in [1.29, 1.82) is 0 Å². The number of benzene rings is 2. The van der Waals surface area contributed by atoms with Gasteiger partial charge in [0.25, 0.3) is 0 Å². The van der Waals surface area contributed by atoms with Crippen molar-refractivity contribution < 1.29 is 13.9 Å². The molecule has 0 fully saturated rings. The highest BCUT2D eigenvalue weighted by atomic mass is 35.5. The molecule has 0 radical (unpaired) electrons. The van der Waals surface area contributed by atoms with Crippen molar-refractivity contribution in [2.45, 2.75) is 26.7 Å². The van der Waals surface area contributed by atoms with Crippen molar-refractivity contribution in [3.05, 3.63) is 58.4 Å². The van der Waals surface area contributed by atoms with E-state index in [0.717, 1.165) is 16.9 Å². The molecular formula is C18H19ClFNO2. The third kappa shape index (κ3) is 5.25. The minimum absolute atomic E-state index is 0.212. The Bertz CT molecular complexity index is 703. The Morgan fingerprint density at radius 3 is 2.74 bits per heavy atom. The molecule has 1 N–H and O–H groups in total. The van der Waals surface area contributed by atoms with Crippen molar-refractivity contribution in [3.63, 3.8) is 0 Å². The van der Waals surface area contributed by atoms with Crippen LogP contribution in [0.15, 0.2) is 36.4 Å². The molecule has 23 heavy (non-hydrogen) atoms. The van der Waals surface area contributed by atoms with Crippen molar-refractivity contribution in [3.8, 4) is 5.75 Å². The zero-order valence-corrected chi connectivity index (χ0v) is 13.9. The molecule has 0 aromatic heterocycles. The molecule has 122 valence electrons. The molecule has 0 aliphatic rings. The van der Waals surface area contributed by atoms with Gasteiger partial charge in [0.2, 0.25) is 5.91 Å². The Morgan fingerprint density at radius 1 is 1.22 bits per heavy atom. The predicted molar refractivity (Wildman–Crippen MR) is 90.7 cm³/mol. The number of hydrogen-bond acceptors (Lipinski definition) is 2. The van der Waals surface area contributed by atoms with Crippen molar-refractivity contribution in [1.82, 2.24) is 0 Å². The van der Waals surface area contributed by atoms with Crippen LogP contribution in [0.4, 0.5) is 10.1 Å². The molecule has 1 amide bonds.